The smallest absolute Gasteiger partial charge is 0.371 e. The Morgan fingerprint density at radius 2 is 2.00 bits per heavy atom. The summed E-state index contributed by atoms with van der Waals surface area (Å²) >= 11 is 0. The molecule has 0 bridgehead atoms. The Bertz CT molecular complexity index is 614. The Balaban J connectivity index is 2.12. The van der Waals surface area contributed by atoms with E-state index in [0.29, 0.717) is 12.3 Å². The first kappa shape index (κ1) is 13.2. The number of nitrogens with one attached hydrogen (secondary N) is 1. The molecule has 1 aromatic heterocycles. The number of aromatic carboxylic acids is 1. The highest BCUT2D eigenvalue weighted by molar-refractivity contribution is 5.84. The monoisotopic (exact) mass is 259 g/mol. The summed E-state index contributed by atoms with van der Waals surface area (Å²) in [4.78, 5) is 10.8. The second-order valence-electron chi connectivity index (χ2n) is 4.67. The van der Waals surface area contributed by atoms with E-state index in [0.717, 1.165) is 11.3 Å². The van der Waals surface area contributed by atoms with E-state index in [4.69, 9.17) is 9.52 Å². The molecule has 0 aliphatic heterocycles. The summed E-state index contributed by atoms with van der Waals surface area (Å²) in [7, 11) is 0. The SMILES string of the molecule is Cc1ccc(NCc2cc(C(=O)O)oc2C)c(C)c1. The summed E-state index contributed by atoms with van der Waals surface area (Å²) in [6.45, 7) is 6.41. The Morgan fingerprint density at radius 3 is 2.58 bits per heavy atom. The number of carboxylic acids is 1. The second-order valence-corrected chi connectivity index (χ2v) is 4.67. The van der Waals surface area contributed by atoms with Crippen LogP contribution in [-0.2, 0) is 6.54 Å². The van der Waals surface area contributed by atoms with Gasteiger partial charge in [-0.1, -0.05) is 17.7 Å². The molecule has 2 aromatic rings. The van der Waals surface area contributed by atoms with Crippen LogP contribution in [0, 0.1) is 20.8 Å². The lowest BCUT2D eigenvalue weighted by Crippen LogP contribution is -2.01. The predicted octanol–water partition coefficient (Wildman–Crippen LogP) is 3.52. The number of aryl methyl sites for hydroxylation is 3. The third-order valence-electron chi connectivity index (χ3n) is 3.08. The van der Waals surface area contributed by atoms with Gasteiger partial charge < -0.3 is 14.8 Å². The largest absolute Gasteiger partial charge is 0.475 e. The van der Waals surface area contributed by atoms with Gasteiger partial charge in [-0.15, -0.1) is 0 Å². The Kier molecular flexibility index (Phi) is 3.60. The second kappa shape index (κ2) is 5.18. The highest BCUT2D eigenvalue weighted by Gasteiger charge is 2.12. The predicted molar refractivity (Wildman–Crippen MR) is 73.6 cm³/mol. The lowest BCUT2D eigenvalue weighted by molar-refractivity contribution is 0.0661. The minimum absolute atomic E-state index is 0.0186. The van der Waals surface area contributed by atoms with Gasteiger partial charge in [-0.25, -0.2) is 4.79 Å². The minimum atomic E-state index is -1.04. The molecule has 0 atom stereocenters. The van der Waals surface area contributed by atoms with Gasteiger partial charge >= 0.3 is 5.97 Å². The number of anilines is 1. The van der Waals surface area contributed by atoms with Crippen molar-refractivity contribution in [2.75, 3.05) is 5.32 Å². The number of benzene rings is 1. The van der Waals surface area contributed by atoms with Crippen molar-refractivity contribution in [3.63, 3.8) is 0 Å². The highest BCUT2D eigenvalue weighted by atomic mass is 16.4. The maximum atomic E-state index is 10.8. The zero-order valence-corrected chi connectivity index (χ0v) is 11.3. The van der Waals surface area contributed by atoms with Crippen LogP contribution in [0.15, 0.2) is 28.7 Å². The van der Waals surface area contributed by atoms with Crippen molar-refractivity contribution < 1.29 is 14.3 Å². The summed E-state index contributed by atoms with van der Waals surface area (Å²) in [6, 6.07) is 7.74. The molecule has 0 aliphatic carbocycles. The molecule has 100 valence electrons. The molecular weight excluding hydrogens is 242 g/mol. The van der Waals surface area contributed by atoms with Crippen LogP contribution in [0.5, 0.6) is 0 Å². The summed E-state index contributed by atoms with van der Waals surface area (Å²) in [5, 5.41) is 12.2. The van der Waals surface area contributed by atoms with Crippen molar-refractivity contribution in [2.45, 2.75) is 27.3 Å². The van der Waals surface area contributed by atoms with E-state index in [2.05, 4.69) is 18.3 Å². The fourth-order valence-corrected chi connectivity index (χ4v) is 2.00. The van der Waals surface area contributed by atoms with E-state index in [1.807, 2.05) is 19.1 Å². The Hall–Kier alpha value is -2.23. The van der Waals surface area contributed by atoms with Crippen molar-refractivity contribution in [1.82, 2.24) is 0 Å². The molecule has 0 fully saturated rings. The van der Waals surface area contributed by atoms with Crippen LogP contribution in [0.4, 0.5) is 5.69 Å². The topological polar surface area (TPSA) is 62.5 Å². The number of hydrogen-bond acceptors (Lipinski definition) is 3. The normalized spacial score (nSPS) is 10.5. The van der Waals surface area contributed by atoms with Gasteiger partial charge in [-0.05, 0) is 38.5 Å². The Labute approximate surface area is 112 Å². The lowest BCUT2D eigenvalue weighted by Gasteiger charge is -2.09. The van der Waals surface area contributed by atoms with E-state index < -0.39 is 5.97 Å². The molecule has 0 saturated heterocycles. The number of carboxylic acid groups (broad SMARTS) is 1. The fraction of sp³-hybridized carbons (Fsp3) is 0.267. The number of hydrogen-bond donors (Lipinski definition) is 2. The molecular formula is C15H17NO3. The fourth-order valence-electron chi connectivity index (χ4n) is 2.00. The van der Waals surface area contributed by atoms with E-state index in [1.165, 1.54) is 11.1 Å². The molecule has 0 unspecified atom stereocenters. The third-order valence-corrected chi connectivity index (χ3v) is 3.08. The van der Waals surface area contributed by atoms with Crippen LogP contribution in [0.25, 0.3) is 0 Å². The minimum Gasteiger partial charge on any atom is -0.475 e. The van der Waals surface area contributed by atoms with Gasteiger partial charge in [-0.2, -0.15) is 0 Å². The van der Waals surface area contributed by atoms with Crippen LogP contribution in [0.2, 0.25) is 0 Å². The van der Waals surface area contributed by atoms with E-state index in [-0.39, 0.29) is 5.76 Å². The summed E-state index contributed by atoms with van der Waals surface area (Å²) in [5.74, 6) is -0.426. The van der Waals surface area contributed by atoms with Gasteiger partial charge in [0.05, 0.1) is 0 Å². The van der Waals surface area contributed by atoms with Crippen molar-refractivity contribution in [2.24, 2.45) is 0 Å². The average molecular weight is 259 g/mol. The maximum absolute atomic E-state index is 10.8. The molecule has 1 heterocycles. The summed E-state index contributed by atoms with van der Waals surface area (Å²) in [5.41, 5.74) is 4.29. The summed E-state index contributed by atoms with van der Waals surface area (Å²) in [6.07, 6.45) is 0. The molecule has 0 aliphatic rings. The van der Waals surface area contributed by atoms with Gasteiger partial charge in [0.25, 0.3) is 0 Å². The van der Waals surface area contributed by atoms with Crippen LogP contribution in [0.3, 0.4) is 0 Å². The molecule has 1 aromatic carbocycles. The zero-order chi connectivity index (χ0) is 14.0. The molecule has 2 rings (SSSR count). The van der Waals surface area contributed by atoms with Gasteiger partial charge in [-0.3, -0.25) is 0 Å². The van der Waals surface area contributed by atoms with Gasteiger partial charge in [0.15, 0.2) is 0 Å². The average Bonchev–Trinajstić information content (AvgIpc) is 2.70. The third kappa shape index (κ3) is 2.96. The first-order valence-electron chi connectivity index (χ1n) is 6.11. The zero-order valence-electron chi connectivity index (χ0n) is 11.3. The molecule has 0 amide bonds. The quantitative estimate of drug-likeness (QED) is 0.881. The van der Waals surface area contributed by atoms with Crippen LogP contribution < -0.4 is 5.32 Å². The van der Waals surface area contributed by atoms with E-state index >= 15 is 0 Å². The van der Waals surface area contributed by atoms with Crippen LogP contribution in [0.1, 0.15) is 33.0 Å². The number of furan rings is 1. The first-order valence-corrected chi connectivity index (χ1v) is 6.11. The van der Waals surface area contributed by atoms with E-state index in [1.54, 1.807) is 13.0 Å². The Morgan fingerprint density at radius 1 is 1.26 bits per heavy atom. The van der Waals surface area contributed by atoms with Crippen molar-refractivity contribution in [1.29, 1.82) is 0 Å². The van der Waals surface area contributed by atoms with Crippen molar-refractivity contribution >= 4 is 11.7 Å². The lowest BCUT2D eigenvalue weighted by atomic mass is 10.1. The first-order chi connectivity index (χ1) is 8.97. The standard InChI is InChI=1S/C15H17NO3/c1-9-4-5-13(10(2)6-9)16-8-12-7-14(15(17)18)19-11(12)3/h4-7,16H,8H2,1-3H3,(H,17,18). The highest BCUT2D eigenvalue weighted by Crippen LogP contribution is 2.20. The number of carbonyl (C=O) groups is 1. The maximum Gasteiger partial charge on any atom is 0.371 e. The molecule has 2 N–H and O–H groups in total. The molecule has 0 spiro atoms. The van der Waals surface area contributed by atoms with E-state index in [9.17, 15) is 4.79 Å². The van der Waals surface area contributed by atoms with Crippen LogP contribution >= 0.6 is 0 Å². The molecule has 19 heavy (non-hydrogen) atoms. The molecule has 0 radical (unpaired) electrons. The number of rotatable bonds is 4. The van der Waals surface area contributed by atoms with Gasteiger partial charge in [0.2, 0.25) is 5.76 Å². The van der Waals surface area contributed by atoms with Gasteiger partial charge in [0, 0.05) is 17.8 Å². The summed E-state index contributed by atoms with van der Waals surface area (Å²) < 4.78 is 5.17. The van der Waals surface area contributed by atoms with Crippen molar-refractivity contribution in [3.8, 4) is 0 Å². The molecule has 4 nitrogen and oxygen atoms in total. The van der Waals surface area contributed by atoms with Crippen LogP contribution in [-0.4, -0.2) is 11.1 Å². The van der Waals surface area contributed by atoms with Crippen molar-refractivity contribution in [3.05, 3.63) is 52.5 Å². The van der Waals surface area contributed by atoms with Gasteiger partial charge in [0.1, 0.15) is 5.76 Å². The molecule has 0 saturated carbocycles. The molecule has 4 heteroatoms.